The van der Waals surface area contributed by atoms with E-state index >= 15 is 0 Å². The minimum atomic E-state index is -1.56. The molecule has 0 saturated carbocycles. The lowest BCUT2D eigenvalue weighted by molar-refractivity contribution is -0.277. The van der Waals surface area contributed by atoms with Crippen LogP contribution in [0.3, 0.4) is 0 Å². The normalized spacial score (nSPS) is 29.0. The molecule has 0 aromatic heterocycles. The Balaban J connectivity index is 1.39. The summed E-state index contributed by atoms with van der Waals surface area (Å²) in [7, 11) is 4.59. The minimum Gasteiger partial charge on any atom is -0.493 e. The molecule has 38 heavy (non-hydrogen) atoms. The predicted molar refractivity (Wildman–Crippen MR) is 132 cm³/mol. The number of hydrogen-bond donors (Lipinski definition) is 4. The first-order chi connectivity index (χ1) is 18.3. The molecule has 7 atom stereocenters. The second-order valence-electron chi connectivity index (χ2n) is 9.39. The van der Waals surface area contributed by atoms with E-state index in [0.29, 0.717) is 36.5 Å². The number of rotatable bonds is 10. The molecule has 2 aromatic carbocycles. The molecule has 0 radical (unpaired) electrons. The summed E-state index contributed by atoms with van der Waals surface area (Å²) < 4.78 is 32.8. The first-order valence-corrected chi connectivity index (χ1v) is 12.3. The maximum Gasteiger partial charge on any atom is 0.309 e. The van der Waals surface area contributed by atoms with Crippen molar-refractivity contribution < 1.29 is 53.6 Å². The van der Waals surface area contributed by atoms with Gasteiger partial charge in [-0.1, -0.05) is 12.1 Å². The van der Waals surface area contributed by atoms with E-state index in [-0.39, 0.29) is 23.7 Å². The number of aliphatic hydroxyl groups is 4. The van der Waals surface area contributed by atoms with Crippen LogP contribution in [0.4, 0.5) is 0 Å². The highest BCUT2D eigenvalue weighted by molar-refractivity contribution is 5.75. The van der Waals surface area contributed by atoms with Crippen molar-refractivity contribution in [1.82, 2.24) is 0 Å². The van der Waals surface area contributed by atoms with E-state index in [0.717, 1.165) is 11.1 Å². The Hall–Kier alpha value is -3.09. The fraction of sp³-hybridized carbons (Fsp3) is 0.519. The van der Waals surface area contributed by atoms with E-state index < -0.39 is 37.3 Å². The summed E-state index contributed by atoms with van der Waals surface area (Å²) in [6.07, 6.45) is -5.78. The van der Waals surface area contributed by atoms with Crippen LogP contribution in [0, 0.1) is 5.92 Å². The van der Waals surface area contributed by atoms with Gasteiger partial charge in [-0.15, -0.1) is 0 Å². The number of methoxy groups -OCH3 is 3. The van der Waals surface area contributed by atoms with E-state index in [4.69, 9.17) is 28.4 Å². The van der Waals surface area contributed by atoms with E-state index in [2.05, 4.69) is 0 Å². The topological polar surface area (TPSA) is 153 Å². The number of carbonyl (C=O) groups excluding carboxylic acids is 1. The minimum absolute atomic E-state index is 0.232. The van der Waals surface area contributed by atoms with Crippen molar-refractivity contribution in [3.63, 3.8) is 0 Å². The highest BCUT2D eigenvalue weighted by Gasteiger charge is 2.45. The van der Waals surface area contributed by atoms with Crippen molar-refractivity contribution in [2.75, 3.05) is 27.9 Å². The zero-order valence-electron chi connectivity index (χ0n) is 21.5. The highest BCUT2D eigenvalue weighted by Crippen LogP contribution is 2.35. The molecule has 2 fully saturated rings. The van der Waals surface area contributed by atoms with Crippen molar-refractivity contribution in [3.05, 3.63) is 47.5 Å². The molecule has 4 N–H and O–H groups in total. The Bertz CT molecular complexity index is 1100. The van der Waals surface area contributed by atoms with Gasteiger partial charge in [0.25, 0.3) is 0 Å². The first-order valence-electron chi connectivity index (χ1n) is 12.3. The maximum atomic E-state index is 12.6. The van der Waals surface area contributed by atoms with Crippen LogP contribution in [0.15, 0.2) is 36.4 Å². The van der Waals surface area contributed by atoms with Gasteiger partial charge >= 0.3 is 5.97 Å². The van der Waals surface area contributed by atoms with Gasteiger partial charge in [-0.05, 0) is 48.2 Å². The molecule has 0 bridgehead atoms. The van der Waals surface area contributed by atoms with Crippen LogP contribution < -0.4 is 18.9 Å². The lowest BCUT2D eigenvalue weighted by atomic mass is 9.94. The van der Waals surface area contributed by atoms with Gasteiger partial charge < -0.3 is 48.8 Å². The van der Waals surface area contributed by atoms with Crippen LogP contribution >= 0.6 is 0 Å². The van der Waals surface area contributed by atoms with Gasteiger partial charge in [0, 0.05) is 6.42 Å². The molecule has 2 aliphatic rings. The molecule has 0 aliphatic carbocycles. The zero-order chi connectivity index (χ0) is 27.4. The third-order valence-electron chi connectivity index (χ3n) is 6.88. The third kappa shape index (κ3) is 5.97. The summed E-state index contributed by atoms with van der Waals surface area (Å²) >= 11 is 0. The Labute approximate surface area is 220 Å². The Kier molecular flexibility index (Phi) is 8.95. The monoisotopic (exact) mass is 534 g/mol. The quantitative estimate of drug-likeness (QED) is 0.317. The third-order valence-corrected chi connectivity index (χ3v) is 6.88. The molecule has 208 valence electrons. The number of aliphatic hydroxyl groups excluding tert-OH is 4. The van der Waals surface area contributed by atoms with Crippen molar-refractivity contribution >= 4 is 5.97 Å². The Morgan fingerprint density at radius 2 is 1.42 bits per heavy atom. The summed E-state index contributed by atoms with van der Waals surface area (Å²) in [6, 6.07) is 10.7. The standard InChI is InChI=1S/C27H34O11/c1-33-18-6-4-14(10-20(18)34-2)8-16-12-17(36-26(16)32)9-15-5-7-19(21(11-15)35-3)37-27-25(31)24(30)23(29)22(13-28)38-27/h4-7,10-11,16-17,22-25,27-31H,8-9,12-13H2,1-3H3/t16-,17-,22-,23-,24+,25-,27-/m1/s1. The molecule has 4 rings (SSSR count). The van der Waals surface area contributed by atoms with Crippen LogP contribution in [0.5, 0.6) is 23.0 Å². The lowest BCUT2D eigenvalue weighted by Gasteiger charge is -2.39. The van der Waals surface area contributed by atoms with Crippen LogP contribution in [0.1, 0.15) is 17.5 Å². The number of benzene rings is 2. The molecule has 2 saturated heterocycles. The molecule has 0 unspecified atom stereocenters. The summed E-state index contributed by atoms with van der Waals surface area (Å²) in [5.41, 5.74) is 1.79. The van der Waals surface area contributed by atoms with E-state index in [1.165, 1.54) is 7.11 Å². The number of cyclic esters (lactones) is 1. The van der Waals surface area contributed by atoms with Gasteiger partial charge in [0.05, 0.1) is 33.9 Å². The molecule has 2 heterocycles. The SMILES string of the molecule is COc1ccc(C[C@@H]2C[C@@H](Cc3ccc(O[C@@H]4O[C@H](CO)[C@@H](O)[C@H](O)[C@H]4O)c(OC)c3)OC2=O)cc1OC. The van der Waals surface area contributed by atoms with Crippen LogP contribution in [-0.2, 0) is 27.1 Å². The fourth-order valence-electron chi connectivity index (χ4n) is 4.80. The lowest BCUT2D eigenvalue weighted by Crippen LogP contribution is -2.60. The predicted octanol–water partition coefficient (Wildman–Crippen LogP) is 0.608. The fourth-order valence-corrected chi connectivity index (χ4v) is 4.80. The molecule has 2 aliphatic heterocycles. The smallest absolute Gasteiger partial charge is 0.309 e. The average Bonchev–Trinajstić information content (AvgIpc) is 3.27. The van der Waals surface area contributed by atoms with Crippen LogP contribution in [-0.4, -0.2) is 91.1 Å². The molecular formula is C27H34O11. The van der Waals surface area contributed by atoms with Crippen LogP contribution in [0.25, 0.3) is 0 Å². The summed E-state index contributed by atoms with van der Waals surface area (Å²) in [5, 5.41) is 39.6. The molecule has 0 amide bonds. The van der Waals surface area contributed by atoms with E-state index in [1.807, 2.05) is 18.2 Å². The Morgan fingerprint density at radius 1 is 0.816 bits per heavy atom. The van der Waals surface area contributed by atoms with Gasteiger partial charge in [0.15, 0.2) is 23.0 Å². The summed E-state index contributed by atoms with van der Waals surface area (Å²) in [6.45, 7) is -0.562. The van der Waals surface area contributed by atoms with Crippen molar-refractivity contribution in [1.29, 1.82) is 0 Å². The van der Waals surface area contributed by atoms with Crippen molar-refractivity contribution in [2.24, 2.45) is 5.92 Å². The molecule has 0 spiro atoms. The summed E-state index contributed by atoms with van der Waals surface area (Å²) in [4.78, 5) is 12.6. The van der Waals surface area contributed by atoms with Crippen LogP contribution in [0.2, 0.25) is 0 Å². The van der Waals surface area contributed by atoms with E-state index in [1.54, 1.807) is 32.4 Å². The molecular weight excluding hydrogens is 500 g/mol. The number of esters is 1. The van der Waals surface area contributed by atoms with Gasteiger partial charge in [0.1, 0.15) is 30.5 Å². The Morgan fingerprint density at radius 3 is 2.05 bits per heavy atom. The average molecular weight is 535 g/mol. The molecule has 11 nitrogen and oxygen atoms in total. The molecule has 11 heteroatoms. The van der Waals surface area contributed by atoms with Gasteiger partial charge in [-0.2, -0.15) is 0 Å². The maximum absolute atomic E-state index is 12.6. The second-order valence-corrected chi connectivity index (χ2v) is 9.39. The van der Waals surface area contributed by atoms with E-state index in [9.17, 15) is 25.2 Å². The second kappa shape index (κ2) is 12.2. The highest BCUT2D eigenvalue weighted by atomic mass is 16.7. The van der Waals surface area contributed by atoms with Gasteiger partial charge in [-0.25, -0.2) is 0 Å². The largest absolute Gasteiger partial charge is 0.493 e. The number of hydrogen-bond acceptors (Lipinski definition) is 11. The summed E-state index contributed by atoms with van der Waals surface area (Å²) in [5.74, 6) is 1.26. The number of ether oxygens (including phenoxy) is 6. The molecule has 2 aromatic rings. The van der Waals surface area contributed by atoms with Crippen molar-refractivity contribution in [3.8, 4) is 23.0 Å². The number of carbonyl (C=O) groups is 1. The zero-order valence-corrected chi connectivity index (χ0v) is 21.5. The first kappa shape index (κ1) is 27.9. The van der Waals surface area contributed by atoms with Gasteiger partial charge in [0.2, 0.25) is 6.29 Å². The van der Waals surface area contributed by atoms with Gasteiger partial charge in [-0.3, -0.25) is 4.79 Å². The van der Waals surface area contributed by atoms with Crippen molar-refractivity contribution in [2.45, 2.75) is 56.1 Å².